The normalized spacial score (nSPS) is 19.6. The summed E-state index contributed by atoms with van der Waals surface area (Å²) in [5.74, 6) is 0.883. The molecule has 0 N–H and O–H groups in total. The van der Waals surface area contributed by atoms with E-state index < -0.39 is 10.0 Å². The van der Waals surface area contributed by atoms with Gasteiger partial charge in [0.1, 0.15) is 5.82 Å². The first-order valence-electron chi connectivity index (χ1n) is 8.01. The second-order valence-corrected chi connectivity index (χ2v) is 7.94. The van der Waals surface area contributed by atoms with Gasteiger partial charge in [-0.05, 0) is 37.1 Å². The van der Waals surface area contributed by atoms with Crippen LogP contribution in [-0.2, 0) is 10.0 Å². The summed E-state index contributed by atoms with van der Waals surface area (Å²) in [5.41, 5.74) is 0.788. The van der Waals surface area contributed by atoms with Crippen molar-refractivity contribution in [1.82, 2.24) is 18.9 Å². The molecular weight excluding hydrogens is 324 g/mol. The van der Waals surface area contributed by atoms with E-state index in [2.05, 4.69) is 10.2 Å². The average Bonchev–Trinajstić information content (AvgIpc) is 3.07. The molecule has 3 heterocycles. The van der Waals surface area contributed by atoms with Crippen molar-refractivity contribution < 1.29 is 8.42 Å². The number of aromatic nitrogens is 3. The molecule has 1 unspecified atom stereocenters. The van der Waals surface area contributed by atoms with Crippen LogP contribution in [-0.4, -0.2) is 40.4 Å². The predicted molar refractivity (Wildman–Crippen MR) is 90.2 cm³/mol. The zero-order chi connectivity index (χ0) is 16.6. The van der Waals surface area contributed by atoms with Crippen molar-refractivity contribution in [3.05, 3.63) is 60.6 Å². The summed E-state index contributed by atoms with van der Waals surface area (Å²) in [4.78, 5) is 0.344. The summed E-state index contributed by atoms with van der Waals surface area (Å²) in [5, 5.41) is 8.48. The van der Waals surface area contributed by atoms with Gasteiger partial charge in [0.2, 0.25) is 10.0 Å². The Hall–Kier alpha value is -2.25. The highest BCUT2D eigenvalue weighted by Crippen LogP contribution is 2.29. The van der Waals surface area contributed by atoms with E-state index in [1.54, 1.807) is 28.6 Å². The second kappa shape index (κ2) is 5.99. The zero-order valence-corrected chi connectivity index (χ0v) is 13.9. The lowest BCUT2D eigenvalue weighted by atomic mass is 9.99. The van der Waals surface area contributed by atoms with Crippen molar-refractivity contribution in [1.29, 1.82) is 0 Å². The standard InChI is InChI=1S/C17H18N4O2S/c22-24(23,15-8-2-1-3-9-15)20-11-6-7-14(13-20)17-19-18-16-10-4-5-12-21(16)17/h1-5,8-10,12,14H,6-7,11,13H2. The van der Waals surface area contributed by atoms with E-state index in [9.17, 15) is 8.42 Å². The van der Waals surface area contributed by atoms with E-state index in [1.807, 2.05) is 34.9 Å². The zero-order valence-electron chi connectivity index (χ0n) is 13.1. The van der Waals surface area contributed by atoms with Crippen molar-refractivity contribution in [2.45, 2.75) is 23.7 Å². The summed E-state index contributed by atoms with van der Waals surface area (Å²) in [6, 6.07) is 14.4. The van der Waals surface area contributed by atoms with Crippen LogP contribution in [0.3, 0.4) is 0 Å². The maximum Gasteiger partial charge on any atom is 0.243 e. The molecule has 0 bridgehead atoms. The summed E-state index contributed by atoms with van der Waals surface area (Å²) in [6.07, 6.45) is 3.66. The van der Waals surface area contributed by atoms with E-state index in [-0.39, 0.29) is 5.92 Å². The van der Waals surface area contributed by atoms with Crippen molar-refractivity contribution in [3.63, 3.8) is 0 Å². The molecule has 1 aliphatic heterocycles. The van der Waals surface area contributed by atoms with Crippen LogP contribution >= 0.6 is 0 Å². The van der Waals surface area contributed by atoms with Gasteiger partial charge in [-0.15, -0.1) is 10.2 Å². The number of sulfonamides is 1. The van der Waals surface area contributed by atoms with Crippen LogP contribution in [0.5, 0.6) is 0 Å². The number of fused-ring (bicyclic) bond motifs is 1. The van der Waals surface area contributed by atoms with Crippen LogP contribution in [0.1, 0.15) is 24.6 Å². The van der Waals surface area contributed by atoms with Gasteiger partial charge in [-0.2, -0.15) is 4.31 Å². The first-order valence-corrected chi connectivity index (χ1v) is 9.45. The largest absolute Gasteiger partial charge is 0.286 e. The molecule has 0 aliphatic carbocycles. The molecule has 1 atom stereocenters. The predicted octanol–water partition coefficient (Wildman–Crippen LogP) is 2.30. The molecule has 0 amide bonds. The van der Waals surface area contributed by atoms with Gasteiger partial charge in [-0.1, -0.05) is 24.3 Å². The fourth-order valence-electron chi connectivity index (χ4n) is 3.25. The molecule has 24 heavy (non-hydrogen) atoms. The number of piperidine rings is 1. The van der Waals surface area contributed by atoms with Crippen LogP contribution in [0.2, 0.25) is 0 Å². The number of hydrogen-bond donors (Lipinski definition) is 0. The van der Waals surface area contributed by atoms with E-state index in [0.717, 1.165) is 24.3 Å². The van der Waals surface area contributed by atoms with Crippen molar-refractivity contribution >= 4 is 15.7 Å². The molecule has 1 aliphatic rings. The van der Waals surface area contributed by atoms with Crippen LogP contribution < -0.4 is 0 Å². The SMILES string of the molecule is O=S(=O)(c1ccccc1)N1CCCC(c2nnc3ccccn23)C1. The molecule has 0 spiro atoms. The highest BCUT2D eigenvalue weighted by atomic mass is 32.2. The maximum absolute atomic E-state index is 12.8. The van der Waals surface area contributed by atoms with E-state index >= 15 is 0 Å². The van der Waals surface area contributed by atoms with Gasteiger partial charge in [-0.25, -0.2) is 8.42 Å². The van der Waals surface area contributed by atoms with Crippen LogP contribution in [0.4, 0.5) is 0 Å². The third kappa shape index (κ3) is 2.59. The Kier molecular flexibility index (Phi) is 3.82. The third-order valence-corrected chi connectivity index (χ3v) is 6.35. The molecule has 0 saturated carbocycles. The van der Waals surface area contributed by atoms with Crippen molar-refractivity contribution in [3.8, 4) is 0 Å². The summed E-state index contributed by atoms with van der Waals surface area (Å²) >= 11 is 0. The Balaban J connectivity index is 1.65. The van der Waals surface area contributed by atoms with E-state index in [4.69, 9.17) is 0 Å². The highest BCUT2D eigenvalue weighted by molar-refractivity contribution is 7.89. The van der Waals surface area contributed by atoms with Crippen LogP contribution in [0, 0.1) is 0 Å². The number of pyridine rings is 1. The second-order valence-electron chi connectivity index (χ2n) is 6.00. The molecule has 1 aromatic carbocycles. The minimum absolute atomic E-state index is 0.0506. The quantitative estimate of drug-likeness (QED) is 0.732. The number of benzene rings is 1. The van der Waals surface area contributed by atoms with Gasteiger partial charge in [0.25, 0.3) is 0 Å². The summed E-state index contributed by atoms with van der Waals surface area (Å²) in [6.45, 7) is 0.984. The fraction of sp³-hybridized carbons (Fsp3) is 0.294. The van der Waals surface area contributed by atoms with Gasteiger partial charge in [-0.3, -0.25) is 4.40 Å². The van der Waals surface area contributed by atoms with Gasteiger partial charge in [0.15, 0.2) is 5.65 Å². The molecule has 124 valence electrons. The first kappa shape index (κ1) is 15.3. The molecular formula is C17H18N4O2S. The molecule has 1 saturated heterocycles. The first-order chi connectivity index (χ1) is 11.7. The smallest absolute Gasteiger partial charge is 0.243 e. The van der Waals surface area contributed by atoms with E-state index in [1.165, 1.54) is 0 Å². The average molecular weight is 342 g/mol. The minimum atomic E-state index is -3.46. The minimum Gasteiger partial charge on any atom is -0.286 e. The van der Waals surface area contributed by atoms with Crippen LogP contribution in [0.25, 0.3) is 5.65 Å². The Labute approximate surface area is 140 Å². The highest BCUT2D eigenvalue weighted by Gasteiger charge is 2.32. The third-order valence-electron chi connectivity index (χ3n) is 4.47. The Morgan fingerprint density at radius 2 is 1.79 bits per heavy atom. The molecule has 1 fully saturated rings. The van der Waals surface area contributed by atoms with Crippen LogP contribution in [0.15, 0.2) is 59.6 Å². The Morgan fingerprint density at radius 1 is 1.00 bits per heavy atom. The summed E-state index contributed by atoms with van der Waals surface area (Å²) < 4.78 is 29.2. The maximum atomic E-state index is 12.8. The lowest BCUT2D eigenvalue weighted by molar-refractivity contribution is 0.308. The Bertz CT molecular complexity index is 953. The lowest BCUT2D eigenvalue weighted by Gasteiger charge is -2.31. The lowest BCUT2D eigenvalue weighted by Crippen LogP contribution is -2.39. The number of nitrogens with zero attached hydrogens (tertiary/aromatic N) is 4. The molecule has 0 radical (unpaired) electrons. The van der Waals surface area contributed by atoms with Gasteiger partial charge >= 0.3 is 0 Å². The molecule has 3 aromatic rings. The molecule has 2 aromatic heterocycles. The molecule has 4 rings (SSSR count). The molecule has 6 nitrogen and oxygen atoms in total. The fourth-order valence-corrected chi connectivity index (χ4v) is 4.80. The Morgan fingerprint density at radius 3 is 2.62 bits per heavy atom. The summed E-state index contributed by atoms with van der Waals surface area (Å²) in [7, 11) is -3.46. The van der Waals surface area contributed by atoms with Gasteiger partial charge in [0.05, 0.1) is 4.90 Å². The van der Waals surface area contributed by atoms with Gasteiger partial charge in [0, 0.05) is 25.2 Å². The van der Waals surface area contributed by atoms with E-state index in [0.29, 0.717) is 18.0 Å². The number of rotatable bonds is 3. The number of hydrogen-bond acceptors (Lipinski definition) is 4. The topological polar surface area (TPSA) is 67.6 Å². The van der Waals surface area contributed by atoms with Crippen molar-refractivity contribution in [2.75, 3.05) is 13.1 Å². The van der Waals surface area contributed by atoms with Crippen molar-refractivity contribution in [2.24, 2.45) is 0 Å². The monoisotopic (exact) mass is 342 g/mol. The molecule has 7 heteroatoms. The van der Waals surface area contributed by atoms with Gasteiger partial charge < -0.3 is 0 Å².